The van der Waals surface area contributed by atoms with Gasteiger partial charge in [-0.15, -0.1) is 0 Å². The third-order valence-corrected chi connectivity index (χ3v) is 4.19. The SMILES string of the molecule is O=C1C[S@](=O)[C@H]2[C@H](O)[C@H](O)[C@H](O)CN12. The van der Waals surface area contributed by atoms with Crippen LogP contribution in [0.3, 0.4) is 0 Å². The Hall–Kier alpha value is -0.500. The van der Waals surface area contributed by atoms with E-state index in [2.05, 4.69) is 0 Å². The maximum atomic E-state index is 11.4. The number of nitrogens with zero attached hydrogens (tertiary/aromatic N) is 1. The molecule has 6 nitrogen and oxygen atoms in total. The molecule has 2 saturated heterocycles. The molecule has 0 aliphatic carbocycles. The highest BCUT2D eigenvalue weighted by atomic mass is 32.2. The number of carbonyl (C=O) groups excluding carboxylic acids is 1. The van der Waals surface area contributed by atoms with Crippen molar-refractivity contribution in [3.63, 3.8) is 0 Å². The summed E-state index contributed by atoms with van der Waals surface area (Å²) in [5, 5.41) is 27.3. The van der Waals surface area contributed by atoms with E-state index < -0.39 is 34.5 Å². The van der Waals surface area contributed by atoms with Crippen molar-refractivity contribution in [2.45, 2.75) is 23.7 Å². The van der Waals surface area contributed by atoms with Crippen molar-refractivity contribution >= 4 is 16.7 Å². The maximum Gasteiger partial charge on any atom is 0.236 e. The van der Waals surface area contributed by atoms with E-state index in [1.165, 1.54) is 4.90 Å². The van der Waals surface area contributed by atoms with E-state index in [4.69, 9.17) is 0 Å². The minimum Gasteiger partial charge on any atom is -0.388 e. The van der Waals surface area contributed by atoms with Crippen LogP contribution in [0.2, 0.25) is 0 Å². The summed E-state index contributed by atoms with van der Waals surface area (Å²) in [5.74, 6) is -0.486. The average molecular weight is 221 g/mol. The molecule has 0 spiro atoms. The lowest BCUT2D eigenvalue weighted by molar-refractivity contribution is -0.147. The second kappa shape index (κ2) is 3.27. The third-order valence-electron chi connectivity index (χ3n) is 2.58. The molecule has 0 aromatic rings. The van der Waals surface area contributed by atoms with Crippen LogP contribution < -0.4 is 0 Å². The van der Waals surface area contributed by atoms with Crippen molar-refractivity contribution in [3.8, 4) is 0 Å². The van der Waals surface area contributed by atoms with Crippen LogP contribution in [-0.4, -0.2) is 66.3 Å². The molecule has 14 heavy (non-hydrogen) atoms. The summed E-state index contributed by atoms with van der Waals surface area (Å²) in [5.41, 5.74) is 0. The first-order chi connectivity index (χ1) is 6.52. The zero-order chi connectivity index (χ0) is 10.5. The number of hydrogen-bond donors (Lipinski definition) is 3. The quantitative estimate of drug-likeness (QED) is 0.405. The molecule has 7 heteroatoms. The number of rotatable bonds is 0. The Morgan fingerprint density at radius 2 is 1.93 bits per heavy atom. The molecule has 0 saturated carbocycles. The van der Waals surface area contributed by atoms with Gasteiger partial charge in [-0.05, 0) is 0 Å². The molecule has 5 atom stereocenters. The Morgan fingerprint density at radius 1 is 1.29 bits per heavy atom. The number of fused-ring (bicyclic) bond motifs is 1. The van der Waals surface area contributed by atoms with Gasteiger partial charge in [-0.2, -0.15) is 0 Å². The van der Waals surface area contributed by atoms with Crippen LogP contribution in [0.5, 0.6) is 0 Å². The van der Waals surface area contributed by atoms with Gasteiger partial charge in [0, 0.05) is 0 Å². The summed E-state index contributed by atoms with van der Waals surface area (Å²) in [4.78, 5) is 12.4. The topological polar surface area (TPSA) is 98.1 Å². The molecule has 0 bridgehead atoms. The molecule has 0 radical (unpaired) electrons. The fraction of sp³-hybridized carbons (Fsp3) is 0.857. The van der Waals surface area contributed by atoms with Crippen molar-refractivity contribution in [3.05, 3.63) is 0 Å². The molecule has 0 aromatic carbocycles. The van der Waals surface area contributed by atoms with Gasteiger partial charge in [-0.1, -0.05) is 0 Å². The molecule has 3 N–H and O–H groups in total. The van der Waals surface area contributed by atoms with Gasteiger partial charge in [0.25, 0.3) is 0 Å². The van der Waals surface area contributed by atoms with Crippen LogP contribution >= 0.6 is 0 Å². The summed E-state index contributed by atoms with van der Waals surface area (Å²) in [7, 11) is -1.48. The molecule has 2 rings (SSSR count). The zero-order valence-electron chi connectivity index (χ0n) is 7.24. The summed E-state index contributed by atoms with van der Waals surface area (Å²) in [6, 6.07) is 0. The lowest BCUT2D eigenvalue weighted by atomic mass is 10.0. The maximum absolute atomic E-state index is 11.4. The van der Waals surface area contributed by atoms with Crippen LogP contribution in [0.25, 0.3) is 0 Å². The van der Waals surface area contributed by atoms with Gasteiger partial charge >= 0.3 is 0 Å². The van der Waals surface area contributed by atoms with E-state index in [0.717, 1.165) is 0 Å². The largest absolute Gasteiger partial charge is 0.388 e. The highest BCUT2D eigenvalue weighted by Crippen LogP contribution is 2.26. The monoisotopic (exact) mass is 221 g/mol. The number of amides is 1. The molecule has 0 aromatic heterocycles. The van der Waals surface area contributed by atoms with E-state index in [9.17, 15) is 24.3 Å². The summed E-state index contributed by atoms with van der Waals surface area (Å²) in [6.45, 7) is -0.0620. The zero-order valence-corrected chi connectivity index (χ0v) is 8.05. The molecule has 1 amide bonds. The van der Waals surface area contributed by atoms with E-state index >= 15 is 0 Å². The van der Waals surface area contributed by atoms with Crippen LogP contribution in [0.4, 0.5) is 0 Å². The molecule has 2 aliphatic rings. The smallest absolute Gasteiger partial charge is 0.236 e. The van der Waals surface area contributed by atoms with Crippen molar-refractivity contribution in [1.82, 2.24) is 4.90 Å². The summed E-state index contributed by atoms with van der Waals surface area (Å²) < 4.78 is 11.4. The number of carbonyl (C=O) groups is 1. The van der Waals surface area contributed by atoms with Crippen LogP contribution in [0.15, 0.2) is 0 Å². The molecule has 2 heterocycles. The molecule has 2 aliphatic heterocycles. The average Bonchev–Trinajstić information content (AvgIpc) is 2.38. The van der Waals surface area contributed by atoms with E-state index in [0.29, 0.717) is 0 Å². The van der Waals surface area contributed by atoms with E-state index in [1.807, 2.05) is 0 Å². The van der Waals surface area contributed by atoms with E-state index in [-0.39, 0.29) is 18.2 Å². The second-order valence-electron chi connectivity index (χ2n) is 3.51. The van der Waals surface area contributed by atoms with Gasteiger partial charge in [0.1, 0.15) is 29.4 Å². The Morgan fingerprint density at radius 3 is 2.57 bits per heavy atom. The van der Waals surface area contributed by atoms with Crippen molar-refractivity contribution in [2.75, 3.05) is 12.3 Å². The van der Waals surface area contributed by atoms with Gasteiger partial charge in [0.2, 0.25) is 5.91 Å². The predicted molar refractivity (Wildman–Crippen MR) is 46.5 cm³/mol. The molecule has 80 valence electrons. The lowest BCUT2D eigenvalue weighted by Gasteiger charge is -2.38. The van der Waals surface area contributed by atoms with Crippen LogP contribution in [0, 0.1) is 0 Å². The number of aliphatic hydroxyl groups is 3. The van der Waals surface area contributed by atoms with Crippen molar-refractivity contribution < 1.29 is 24.3 Å². The number of hydrogen-bond acceptors (Lipinski definition) is 5. The van der Waals surface area contributed by atoms with Crippen LogP contribution in [-0.2, 0) is 15.6 Å². The van der Waals surface area contributed by atoms with Gasteiger partial charge in [0.15, 0.2) is 0 Å². The highest BCUT2D eigenvalue weighted by molar-refractivity contribution is 7.86. The minimum absolute atomic E-state index is 0.0620. The first kappa shape index (κ1) is 10.0. The molecular weight excluding hydrogens is 210 g/mol. The van der Waals surface area contributed by atoms with Crippen LogP contribution in [0.1, 0.15) is 0 Å². The van der Waals surface area contributed by atoms with Gasteiger partial charge in [-0.25, -0.2) is 0 Å². The van der Waals surface area contributed by atoms with Crippen molar-refractivity contribution in [1.29, 1.82) is 0 Å². The summed E-state index contributed by atoms with van der Waals surface area (Å²) in [6.07, 6.45) is -3.82. The first-order valence-electron chi connectivity index (χ1n) is 4.23. The molecule has 0 unspecified atom stereocenters. The Kier molecular flexibility index (Phi) is 2.34. The Bertz CT molecular complexity index is 296. The molecular formula is C7H11NO5S. The van der Waals surface area contributed by atoms with E-state index in [1.54, 1.807) is 0 Å². The predicted octanol–water partition coefficient (Wildman–Crippen LogP) is -3.00. The Labute approximate surface area is 82.6 Å². The van der Waals surface area contributed by atoms with Gasteiger partial charge < -0.3 is 20.2 Å². The number of piperidine rings is 1. The molecule has 2 fully saturated rings. The fourth-order valence-corrected chi connectivity index (χ4v) is 3.36. The normalized spacial score (nSPS) is 48.1. The van der Waals surface area contributed by atoms with Gasteiger partial charge in [-0.3, -0.25) is 9.00 Å². The third kappa shape index (κ3) is 1.28. The fourth-order valence-electron chi connectivity index (χ4n) is 1.83. The summed E-state index contributed by atoms with van der Waals surface area (Å²) >= 11 is 0. The minimum atomic E-state index is -1.48. The first-order valence-corrected chi connectivity index (χ1v) is 5.61. The lowest BCUT2D eigenvalue weighted by Crippen LogP contribution is -2.60. The Balaban J connectivity index is 2.28. The second-order valence-corrected chi connectivity index (χ2v) is 5.04. The van der Waals surface area contributed by atoms with Crippen molar-refractivity contribution in [2.24, 2.45) is 0 Å². The highest BCUT2D eigenvalue weighted by Gasteiger charge is 2.50. The van der Waals surface area contributed by atoms with Gasteiger partial charge in [0.05, 0.1) is 17.3 Å². The number of aliphatic hydroxyl groups excluding tert-OH is 3. The standard InChI is InChI=1S/C7H11NO5S/c9-3-1-8-4(10)2-14(13)7(8)6(12)5(3)11/h3,5-7,9,11-12H,1-2H2/t3-,5-,6-,7+,14+/m1/s1.